The predicted molar refractivity (Wildman–Crippen MR) is 106 cm³/mol. The molecular formula is C21H18N2O2S. The monoisotopic (exact) mass is 362 g/mol. The summed E-state index contributed by atoms with van der Waals surface area (Å²) in [4.78, 5) is 21.1. The Labute approximate surface area is 155 Å². The van der Waals surface area contributed by atoms with E-state index < -0.39 is 0 Å². The lowest BCUT2D eigenvalue weighted by molar-refractivity contribution is 0.557. The van der Waals surface area contributed by atoms with Crippen molar-refractivity contribution in [2.45, 2.75) is 31.6 Å². The topological polar surface area (TPSA) is 56.0 Å². The Hall–Kier alpha value is -2.66. The van der Waals surface area contributed by atoms with Crippen molar-refractivity contribution in [3.8, 4) is 0 Å². The molecule has 0 unspecified atom stereocenters. The van der Waals surface area contributed by atoms with E-state index >= 15 is 0 Å². The molecule has 2 heterocycles. The zero-order valence-electron chi connectivity index (χ0n) is 14.9. The van der Waals surface area contributed by atoms with Gasteiger partial charge in [-0.1, -0.05) is 30.3 Å². The molecule has 0 saturated carbocycles. The van der Waals surface area contributed by atoms with Gasteiger partial charge in [-0.25, -0.2) is 14.8 Å². The Morgan fingerprint density at radius 1 is 1.00 bits per heavy atom. The molecule has 130 valence electrons. The number of aromatic nitrogens is 2. The predicted octanol–water partition coefficient (Wildman–Crippen LogP) is 4.95. The fraction of sp³-hybridized carbons (Fsp3) is 0.190. The number of hydrogen-bond acceptors (Lipinski definition) is 5. The van der Waals surface area contributed by atoms with E-state index in [1.165, 1.54) is 0 Å². The summed E-state index contributed by atoms with van der Waals surface area (Å²) in [5.41, 5.74) is 4.39. The number of hydrogen-bond donors (Lipinski definition) is 0. The minimum Gasteiger partial charge on any atom is -0.422 e. The molecule has 0 fully saturated rings. The zero-order valence-corrected chi connectivity index (χ0v) is 15.7. The average Bonchev–Trinajstić information content (AvgIpc) is 2.62. The van der Waals surface area contributed by atoms with Crippen LogP contribution < -0.4 is 5.63 Å². The second kappa shape index (κ2) is 6.57. The van der Waals surface area contributed by atoms with E-state index in [1.807, 2.05) is 51.1 Å². The fourth-order valence-electron chi connectivity index (χ4n) is 3.06. The van der Waals surface area contributed by atoms with E-state index in [4.69, 9.17) is 4.42 Å². The summed E-state index contributed by atoms with van der Waals surface area (Å²) in [6, 6.07) is 13.7. The van der Waals surface area contributed by atoms with Crippen LogP contribution in [0.1, 0.15) is 22.5 Å². The third-order valence-electron chi connectivity index (χ3n) is 4.56. The van der Waals surface area contributed by atoms with Crippen LogP contribution in [0.25, 0.3) is 21.9 Å². The first-order chi connectivity index (χ1) is 12.5. The smallest absolute Gasteiger partial charge is 0.336 e. The Bertz CT molecular complexity index is 1200. The maximum atomic E-state index is 12.0. The molecule has 0 atom stereocenters. The van der Waals surface area contributed by atoms with Crippen LogP contribution in [0.3, 0.4) is 0 Å². The number of para-hydroxylation sites is 1. The maximum absolute atomic E-state index is 12.0. The van der Waals surface area contributed by atoms with Crippen LogP contribution in [0.15, 0.2) is 56.7 Å². The highest BCUT2D eigenvalue weighted by atomic mass is 32.2. The molecule has 0 radical (unpaired) electrons. The zero-order chi connectivity index (χ0) is 18.3. The molecular weight excluding hydrogens is 344 g/mol. The third-order valence-corrected chi connectivity index (χ3v) is 5.60. The summed E-state index contributed by atoms with van der Waals surface area (Å²) in [7, 11) is 0. The summed E-state index contributed by atoms with van der Waals surface area (Å²) in [6.45, 7) is 5.90. The second-order valence-electron chi connectivity index (χ2n) is 6.36. The highest BCUT2D eigenvalue weighted by Crippen LogP contribution is 2.31. The number of thioether (sulfide) groups is 1. The molecule has 5 heteroatoms. The molecule has 4 rings (SSSR count). The average molecular weight is 362 g/mol. The van der Waals surface area contributed by atoms with Gasteiger partial charge >= 0.3 is 5.63 Å². The third kappa shape index (κ3) is 2.99. The SMILES string of the molecule is Cc1nc(SCc2cc(=O)oc3c(C)c(C)ccc23)c2ccccc2n1. The fourth-order valence-corrected chi connectivity index (χ4v) is 4.11. The first kappa shape index (κ1) is 16.8. The van der Waals surface area contributed by atoms with E-state index in [2.05, 4.69) is 16.0 Å². The van der Waals surface area contributed by atoms with Gasteiger partial charge in [0, 0.05) is 22.6 Å². The Morgan fingerprint density at radius 3 is 2.65 bits per heavy atom. The molecule has 0 aliphatic heterocycles. The second-order valence-corrected chi connectivity index (χ2v) is 7.32. The van der Waals surface area contributed by atoms with Crippen LogP contribution in [0.4, 0.5) is 0 Å². The van der Waals surface area contributed by atoms with Crippen molar-refractivity contribution in [3.63, 3.8) is 0 Å². The van der Waals surface area contributed by atoms with Gasteiger partial charge in [0.25, 0.3) is 0 Å². The van der Waals surface area contributed by atoms with Crippen LogP contribution in [0.5, 0.6) is 0 Å². The molecule has 4 nitrogen and oxygen atoms in total. The molecule has 0 spiro atoms. The van der Waals surface area contributed by atoms with Gasteiger partial charge in [-0.2, -0.15) is 0 Å². The van der Waals surface area contributed by atoms with E-state index in [0.717, 1.165) is 43.8 Å². The Morgan fingerprint density at radius 2 is 1.81 bits per heavy atom. The summed E-state index contributed by atoms with van der Waals surface area (Å²) in [5.74, 6) is 1.39. The normalized spacial score (nSPS) is 11.3. The van der Waals surface area contributed by atoms with Crippen molar-refractivity contribution >= 4 is 33.6 Å². The quantitative estimate of drug-likeness (QED) is 0.293. The molecule has 2 aromatic heterocycles. The number of nitrogens with zero attached hydrogens (tertiary/aromatic N) is 2. The molecule has 0 amide bonds. The van der Waals surface area contributed by atoms with Gasteiger partial charge in [-0.05, 0) is 43.5 Å². The molecule has 0 aliphatic carbocycles. The van der Waals surface area contributed by atoms with Gasteiger partial charge in [0.05, 0.1) is 5.52 Å². The van der Waals surface area contributed by atoms with Crippen molar-refractivity contribution < 1.29 is 4.42 Å². The highest BCUT2D eigenvalue weighted by molar-refractivity contribution is 7.98. The minimum atomic E-state index is -0.314. The van der Waals surface area contributed by atoms with Crippen molar-refractivity contribution in [1.29, 1.82) is 0 Å². The number of benzene rings is 2. The Kier molecular flexibility index (Phi) is 4.24. The molecule has 2 aromatic carbocycles. The maximum Gasteiger partial charge on any atom is 0.336 e. The molecule has 0 bridgehead atoms. The molecule has 0 saturated heterocycles. The van der Waals surface area contributed by atoms with Gasteiger partial charge in [0.2, 0.25) is 0 Å². The molecule has 0 N–H and O–H groups in total. The van der Waals surface area contributed by atoms with Crippen molar-refractivity contribution in [3.05, 3.63) is 75.4 Å². The lowest BCUT2D eigenvalue weighted by Crippen LogP contribution is -2.02. The largest absolute Gasteiger partial charge is 0.422 e. The van der Waals surface area contributed by atoms with Gasteiger partial charge in [0.1, 0.15) is 16.4 Å². The van der Waals surface area contributed by atoms with E-state index in [-0.39, 0.29) is 5.63 Å². The summed E-state index contributed by atoms with van der Waals surface area (Å²) in [6.07, 6.45) is 0. The lowest BCUT2D eigenvalue weighted by Gasteiger charge is -2.10. The van der Waals surface area contributed by atoms with E-state index in [0.29, 0.717) is 11.3 Å². The number of rotatable bonds is 3. The molecule has 0 aliphatic rings. The molecule has 4 aromatic rings. The van der Waals surface area contributed by atoms with Crippen molar-refractivity contribution in [1.82, 2.24) is 9.97 Å². The lowest BCUT2D eigenvalue weighted by atomic mass is 10.0. The standard InChI is InChI=1S/C21H18N2O2S/c1-12-8-9-16-15(10-19(24)25-20(16)13(12)2)11-26-21-17-6-4-5-7-18(17)22-14(3)23-21/h4-10H,11H2,1-3H3. The van der Waals surface area contributed by atoms with Crippen LogP contribution in [-0.4, -0.2) is 9.97 Å². The number of aryl methyl sites for hydroxylation is 3. The molecule has 26 heavy (non-hydrogen) atoms. The van der Waals surface area contributed by atoms with E-state index in [1.54, 1.807) is 17.8 Å². The van der Waals surface area contributed by atoms with Crippen LogP contribution in [-0.2, 0) is 5.75 Å². The van der Waals surface area contributed by atoms with Crippen LogP contribution in [0, 0.1) is 20.8 Å². The summed E-state index contributed by atoms with van der Waals surface area (Å²) >= 11 is 1.62. The van der Waals surface area contributed by atoms with Gasteiger partial charge in [0.15, 0.2) is 0 Å². The van der Waals surface area contributed by atoms with Crippen molar-refractivity contribution in [2.24, 2.45) is 0 Å². The first-order valence-electron chi connectivity index (χ1n) is 8.42. The van der Waals surface area contributed by atoms with Gasteiger partial charge < -0.3 is 4.42 Å². The minimum absolute atomic E-state index is 0.314. The van der Waals surface area contributed by atoms with Crippen molar-refractivity contribution in [2.75, 3.05) is 0 Å². The Balaban J connectivity index is 1.78. The van der Waals surface area contributed by atoms with Crippen LogP contribution >= 0.6 is 11.8 Å². The van der Waals surface area contributed by atoms with E-state index in [9.17, 15) is 4.79 Å². The first-order valence-corrected chi connectivity index (χ1v) is 9.40. The highest BCUT2D eigenvalue weighted by Gasteiger charge is 2.12. The van der Waals surface area contributed by atoms with Gasteiger partial charge in [-0.15, -0.1) is 11.8 Å². The summed E-state index contributed by atoms with van der Waals surface area (Å²) in [5, 5.41) is 2.94. The van der Waals surface area contributed by atoms with Crippen LogP contribution in [0.2, 0.25) is 0 Å². The summed E-state index contributed by atoms with van der Waals surface area (Å²) < 4.78 is 5.46. The number of fused-ring (bicyclic) bond motifs is 2. The van der Waals surface area contributed by atoms with Gasteiger partial charge in [-0.3, -0.25) is 0 Å².